The Bertz CT molecular complexity index is 775. The minimum atomic E-state index is -4.58. The molecule has 3 heterocycles. The average molecular weight is 357 g/mol. The van der Waals surface area contributed by atoms with Crippen LogP contribution in [-0.4, -0.2) is 33.2 Å². The van der Waals surface area contributed by atoms with Crippen LogP contribution in [0.15, 0.2) is 16.8 Å². The van der Waals surface area contributed by atoms with E-state index in [1.807, 2.05) is 0 Å². The van der Waals surface area contributed by atoms with Gasteiger partial charge in [0, 0.05) is 25.1 Å². The van der Waals surface area contributed by atoms with E-state index in [0.29, 0.717) is 5.82 Å². The summed E-state index contributed by atoms with van der Waals surface area (Å²) in [6.45, 7) is -0.0560. The molecule has 1 saturated heterocycles. The number of halogens is 4. The Kier molecular flexibility index (Phi) is 3.66. The van der Waals surface area contributed by atoms with Gasteiger partial charge in [-0.2, -0.15) is 18.2 Å². The van der Waals surface area contributed by atoms with Crippen molar-refractivity contribution < 1.29 is 22.1 Å². The third-order valence-electron chi connectivity index (χ3n) is 4.73. The first-order valence-corrected chi connectivity index (χ1v) is 8.03. The lowest BCUT2D eigenvalue weighted by molar-refractivity contribution is -0.141. The molecule has 1 unspecified atom stereocenters. The summed E-state index contributed by atoms with van der Waals surface area (Å²) in [4.78, 5) is 12.9. The highest BCUT2D eigenvalue weighted by molar-refractivity contribution is 5.35. The first-order valence-electron chi connectivity index (χ1n) is 8.03. The Balaban J connectivity index is 1.53. The molecule has 1 saturated carbocycles. The molecular weight excluding hydrogens is 342 g/mol. The van der Waals surface area contributed by atoms with Crippen LogP contribution in [0.1, 0.15) is 49.0 Å². The number of anilines is 1. The largest absolute Gasteiger partial charge is 0.433 e. The number of nitrogens with zero attached hydrogens (tertiary/aromatic N) is 5. The van der Waals surface area contributed by atoms with Crippen LogP contribution in [0.2, 0.25) is 0 Å². The number of hydrogen-bond acceptors (Lipinski definition) is 6. The van der Waals surface area contributed by atoms with Crippen LogP contribution < -0.4 is 4.90 Å². The lowest BCUT2D eigenvalue weighted by atomic mass is 9.85. The molecule has 10 heteroatoms. The normalized spacial score (nSPS) is 24.6. The SMILES string of the molecule is FC(F)(F)c1ccnc(N2CCC(F)(c3nc(C4CCC4)no3)C2)n1. The van der Waals surface area contributed by atoms with Crippen LogP contribution in [0.25, 0.3) is 0 Å². The molecule has 2 aliphatic rings. The average Bonchev–Trinajstić information content (AvgIpc) is 3.13. The Hall–Kier alpha value is -2.26. The van der Waals surface area contributed by atoms with Crippen molar-refractivity contribution >= 4 is 5.95 Å². The number of alkyl halides is 4. The summed E-state index contributed by atoms with van der Waals surface area (Å²) in [6, 6.07) is 0.783. The molecular formula is C15H15F4N5O. The van der Waals surface area contributed by atoms with Gasteiger partial charge in [0.1, 0.15) is 5.69 Å². The quantitative estimate of drug-likeness (QED) is 0.786. The smallest absolute Gasteiger partial charge is 0.337 e. The molecule has 2 aromatic rings. The van der Waals surface area contributed by atoms with Crippen molar-refractivity contribution in [1.82, 2.24) is 20.1 Å². The summed E-state index contributed by atoms with van der Waals surface area (Å²) in [7, 11) is 0. The van der Waals surface area contributed by atoms with Crippen molar-refractivity contribution in [3.05, 3.63) is 29.7 Å². The van der Waals surface area contributed by atoms with Crippen molar-refractivity contribution in [2.24, 2.45) is 0 Å². The monoisotopic (exact) mass is 357 g/mol. The predicted molar refractivity (Wildman–Crippen MR) is 77.5 cm³/mol. The summed E-state index contributed by atoms with van der Waals surface area (Å²) in [5, 5.41) is 3.85. The summed E-state index contributed by atoms with van der Waals surface area (Å²) < 4.78 is 58.6. The van der Waals surface area contributed by atoms with Crippen LogP contribution in [0.4, 0.5) is 23.5 Å². The molecule has 0 bridgehead atoms. The Morgan fingerprint density at radius 2 is 2.04 bits per heavy atom. The molecule has 0 spiro atoms. The fourth-order valence-electron chi connectivity index (χ4n) is 3.03. The van der Waals surface area contributed by atoms with Gasteiger partial charge in [-0.15, -0.1) is 0 Å². The molecule has 6 nitrogen and oxygen atoms in total. The van der Waals surface area contributed by atoms with Crippen molar-refractivity contribution in [2.75, 3.05) is 18.0 Å². The third-order valence-corrected chi connectivity index (χ3v) is 4.73. The van der Waals surface area contributed by atoms with E-state index in [0.717, 1.165) is 31.5 Å². The van der Waals surface area contributed by atoms with Gasteiger partial charge in [0.05, 0.1) is 6.54 Å². The van der Waals surface area contributed by atoms with Gasteiger partial charge in [-0.05, 0) is 18.9 Å². The molecule has 0 radical (unpaired) electrons. The van der Waals surface area contributed by atoms with Crippen molar-refractivity contribution in [1.29, 1.82) is 0 Å². The van der Waals surface area contributed by atoms with Gasteiger partial charge in [0.25, 0.3) is 5.89 Å². The third kappa shape index (κ3) is 2.93. The molecule has 134 valence electrons. The molecule has 1 aliphatic heterocycles. The number of aromatic nitrogens is 4. The molecule has 2 fully saturated rings. The standard InChI is InChI=1S/C15H15F4N5O/c16-14(12-22-11(23-25-12)9-2-1-3-9)5-7-24(8-14)13-20-6-4-10(21-13)15(17,18)19/h4,6,9H,1-3,5,7-8H2. The van der Waals surface area contributed by atoms with Gasteiger partial charge < -0.3 is 9.42 Å². The fraction of sp³-hybridized carbons (Fsp3) is 0.600. The van der Waals surface area contributed by atoms with Crippen LogP contribution in [0.3, 0.4) is 0 Å². The second kappa shape index (κ2) is 5.63. The van der Waals surface area contributed by atoms with Crippen LogP contribution in [0.5, 0.6) is 0 Å². The van der Waals surface area contributed by atoms with E-state index in [1.54, 1.807) is 0 Å². The summed E-state index contributed by atoms with van der Waals surface area (Å²) >= 11 is 0. The Labute approximate surface area is 140 Å². The predicted octanol–water partition coefficient (Wildman–Crippen LogP) is 3.22. The van der Waals surface area contributed by atoms with E-state index >= 15 is 4.39 Å². The van der Waals surface area contributed by atoms with E-state index < -0.39 is 17.5 Å². The van der Waals surface area contributed by atoms with Crippen LogP contribution in [-0.2, 0) is 11.8 Å². The molecule has 25 heavy (non-hydrogen) atoms. The highest BCUT2D eigenvalue weighted by atomic mass is 19.4. The van der Waals surface area contributed by atoms with Gasteiger partial charge >= 0.3 is 6.18 Å². The van der Waals surface area contributed by atoms with E-state index in [4.69, 9.17) is 4.52 Å². The van der Waals surface area contributed by atoms with Gasteiger partial charge in [0.15, 0.2) is 5.82 Å². The molecule has 0 amide bonds. The van der Waals surface area contributed by atoms with E-state index in [9.17, 15) is 13.2 Å². The minimum Gasteiger partial charge on any atom is -0.337 e. The maximum atomic E-state index is 15.2. The zero-order valence-electron chi connectivity index (χ0n) is 13.1. The maximum Gasteiger partial charge on any atom is 0.433 e. The van der Waals surface area contributed by atoms with Gasteiger partial charge in [-0.25, -0.2) is 14.4 Å². The molecule has 1 atom stereocenters. The second-order valence-electron chi connectivity index (χ2n) is 6.46. The topological polar surface area (TPSA) is 67.9 Å². The van der Waals surface area contributed by atoms with Gasteiger partial charge in [-0.1, -0.05) is 11.6 Å². The Morgan fingerprint density at radius 3 is 2.72 bits per heavy atom. The van der Waals surface area contributed by atoms with E-state index in [2.05, 4.69) is 20.1 Å². The molecule has 2 aromatic heterocycles. The highest BCUT2D eigenvalue weighted by Crippen LogP contribution is 2.39. The summed E-state index contributed by atoms with van der Waals surface area (Å²) in [5.41, 5.74) is -2.97. The number of hydrogen-bond donors (Lipinski definition) is 0. The Morgan fingerprint density at radius 1 is 1.24 bits per heavy atom. The highest BCUT2D eigenvalue weighted by Gasteiger charge is 2.46. The molecule has 4 rings (SSSR count). The first kappa shape index (κ1) is 16.2. The van der Waals surface area contributed by atoms with Crippen molar-refractivity contribution in [2.45, 2.75) is 43.4 Å². The molecule has 0 N–H and O–H groups in total. The lowest BCUT2D eigenvalue weighted by Gasteiger charge is -2.21. The zero-order chi connectivity index (χ0) is 17.7. The number of rotatable bonds is 3. The van der Waals surface area contributed by atoms with E-state index in [1.165, 1.54) is 4.90 Å². The maximum absolute atomic E-state index is 15.2. The first-order chi connectivity index (χ1) is 11.9. The van der Waals surface area contributed by atoms with Gasteiger partial charge in [-0.3, -0.25) is 0 Å². The van der Waals surface area contributed by atoms with Gasteiger partial charge in [0.2, 0.25) is 11.6 Å². The summed E-state index contributed by atoms with van der Waals surface area (Å²) in [5.74, 6) is 0.439. The van der Waals surface area contributed by atoms with Crippen molar-refractivity contribution in [3.63, 3.8) is 0 Å². The molecule has 0 aromatic carbocycles. The summed E-state index contributed by atoms with van der Waals surface area (Å²) in [6.07, 6.45) is -0.515. The molecule has 1 aliphatic carbocycles. The second-order valence-corrected chi connectivity index (χ2v) is 6.46. The van der Waals surface area contributed by atoms with E-state index in [-0.39, 0.29) is 37.3 Å². The zero-order valence-corrected chi connectivity index (χ0v) is 13.1. The van der Waals surface area contributed by atoms with Crippen molar-refractivity contribution in [3.8, 4) is 0 Å². The fourth-order valence-corrected chi connectivity index (χ4v) is 3.03. The van der Waals surface area contributed by atoms with Crippen LogP contribution in [0, 0.1) is 0 Å². The lowest BCUT2D eigenvalue weighted by Crippen LogP contribution is -2.29. The minimum absolute atomic E-state index is 0.0267. The van der Waals surface area contributed by atoms with Crippen LogP contribution >= 0.6 is 0 Å².